The Morgan fingerprint density at radius 2 is 1.58 bits per heavy atom. The molecule has 1 aromatic rings. The summed E-state index contributed by atoms with van der Waals surface area (Å²) in [4.78, 5) is 0. The Kier molecular flexibility index (Phi) is 2.83. The zero-order valence-electron chi connectivity index (χ0n) is 5.94. The van der Waals surface area contributed by atoms with E-state index in [4.69, 9.17) is 45.9 Å². The van der Waals surface area contributed by atoms with Crippen LogP contribution in [0.4, 0.5) is 0 Å². The summed E-state index contributed by atoms with van der Waals surface area (Å²) in [7, 11) is 0. The van der Waals surface area contributed by atoms with E-state index >= 15 is 0 Å². The van der Waals surface area contributed by atoms with Gasteiger partial charge in [0.2, 0.25) is 0 Å². The Balaban J connectivity index is 3.38. The number of halogens is 3. The monoisotopic (exact) mass is 223 g/mol. The Morgan fingerprint density at radius 1 is 1.17 bits per heavy atom. The summed E-state index contributed by atoms with van der Waals surface area (Å²) in [5, 5.41) is 6.51. The molecule has 0 aliphatic heterocycles. The average Bonchev–Trinajstić information content (AvgIpc) is 1.82. The lowest BCUT2D eigenvalue weighted by Crippen LogP contribution is -2.46. The van der Waals surface area contributed by atoms with Crippen molar-refractivity contribution < 1.29 is 5.41 Å². The van der Waals surface area contributed by atoms with Gasteiger partial charge in [-0.2, -0.15) is 0 Å². The third-order valence-corrected chi connectivity index (χ3v) is 2.11. The van der Waals surface area contributed by atoms with E-state index in [0.29, 0.717) is 20.6 Å². The van der Waals surface area contributed by atoms with Gasteiger partial charge in [-0.1, -0.05) is 34.8 Å². The molecule has 0 radical (unpaired) electrons. The largest absolute Gasteiger partial charge is 0.287 e. The summed E-state index contributed by atoms with van der Waals surface area (Å²) >= 11 is 17.2. The van der Waals surface area contributed by atoms with Gasteiger partial charge >= 0.3 is 0 Å². The van der Waals surface area contributed by atoms with Gasteiger partial charge in [0.25, 0.3) is 5.84 Å². The molecule has 0 atom stereocenters. The highest BCUT2D eigenvalue weighted by Gasteiger charge is 2.13. The van der Waals surface area contributed by atoms with Crippen molar-refractivity contribution in [2.24, 2.45) is 5.73 Å². The minimum Gasteiger partial charge on any atom is -0.287 e. The second-order valence-corrected chi connectivity index (χ2v) is 3.45. The van der Waals surface area contributed by atoms with Gasteiger partial charge in [0, 0.05) is 5.02 Å². The fraction of sp³-hybridized carbons (Fsp3) is 0. The summed E-state index contributed by atoms with van der Waals surface area (Å²) < 4.78 is 0. The summed E-state index contributed by atoms with van der Waals surface area (Å²) in [6, 6.07) is 3.06. The number of hydrogen-bond donors (Lipinski definition) is 2. The maximum absolute atomic E-state index is 5.78. The van der Waals surface area contributed by atoms with E-state index in [1.54, 1.807) is 0 Å². The van der Waals surface area contributed by atoms with E-state index < -0.39 is 0 Å². The first-order valence-corrected chi connectivity index (χ1v) is 4.18. The molecular formula is C7H6Cl3N2+. The van der Waals surface area contributed by atoms with Crippen molar-refractivity contribution >= 4 is 40.6 Å². The van der Waals surface area contributed by atoms with Crippen LogP contribution in [0.25, 0.3) is 0 Å². The van der Waals surface area contributed by atoms with Crippen LogP contribution in [0.3, 0.4) is 0 Å². The van der Waals surface area contributed by atoms with Gasteiger partial charge in [-0.15, -0.1) is 0 Å². The van der Waals surface area contributed by atoms with Gasteiger partial charge in [-0.25, -0.2) is 0 Å². The maximum Gasteiger partial charge on any atom is 0.273 e. The molecule has 2 nitrogen and oxygen atoms in total. The van der Waals surface area contributed by atoms with Crippen LogP contribution in [0, 0.1) is 0 Å². The molecule has 0 aliphatic carbocycles. The van der Waals surface area contributed by atoms with Crippen molar-refractivity contribution in [1.29, 1.82) is 0 Å². The van der Waals surface area contributed by atoms with Crippen LogP contribution >= 0.6 is 34.8 Å². The quantitative estimate of drug-likeness (QED) is 0.545. The number of nitrogens with two attached hydrogens (primary N) is 2. The molecule has 0 fully saturated rings. The van der Waals surface area contributed by atoms with Crippen LogP contribution in [0.15, 0.2) is 12.1 Å². The molecule has 0 bridgehead atoms. The molecule has 0 spiro atoms. The highest BCUT2D eigenvalue weighted by atomic mass is 35.5. The maximum atomic E-state index is 5.78. The van der Waals surface area contributed by atoms with Crippen LogP contribution < -0.4 is 11.1 Å². The SMILES string of the molecule is NC(=[NH2+])c1c(Cl)cc(Cl)cc1Cl. The Hall–Kier alpha value is -0.440. The molecule has 4 N–H and O–H groups in total. The summed E-state index contributed by atoms with van der Waals surface area (Å²) in [6.07, 6.45) is 0. The number of benzene rings is 1. The fourth-order valence-electron chi connectivity index (χ4n) is 0.818. The third-order valence-electron chi connectivity index (χ3n) is 1.30. The third kappa shape index (κ3) is 1.83. The van der Waals surface area contributed by atoms with Crippen LogP contribution in [0.2, 0.25) is 15.1 Å². The zero-order chi connectivity index (χ0) is 9.30. The number of amidine groups is 1. The van der Waals surface area contributed by atoms with E-state index in [-0.39, 0.29) is 5.84 Å². The normalized spacial score (nSPS) is 9.92. The van der Waals surface area contributed by atoms with E-state index in [2.05, 4.69) is 0 Å². The first-order valence-electron chi connectivity index (χ1n) is 3.05. The molecule has 5 heteroatoms. The molecule has 1 rings (SSSR count). The predicted molar refractivity (Wildman–Crippen MR) is 51.7 cm³/mol. The van der Waals surface area contributed by atoms with Crippen LogP contribution in [0.1, 0.15) is 5.56 Å². The van der Waals surface area contributed by atoms with Crippen LogP contribution in [-0.2, 0) is 0 Å². The molecule has 1 aromatic carbocycles. The molecule has 0 saturated heterocycles. The summed E-state index contributed by atoms with van der Waals surface area (Å²) in [6.45, 7) is 0. The lowest BCUT2D eigenvalue weighted by molar-refractivity contribution is -0.114. The first-order chi connectivity index (χ1) is 5.52. The molecule has 0 aliphatic rings. The van der Waals surface area contributed by atoms with Crippen molar-refractivity contribution in [3.8, 4) is 0 Å². The number of hydrogen-bond acceptors (Lipinski definition) is 0. The minimum absolute atomic E-state index is 0.0849. The topological polar surface area (TPSA) is 51.6 Å². The molecule has 0 aromatic heterocycles. The van der Waals surface area contributed by atoms with E-state index in [0.717, 1.165) is 0 Å². The van der Waals surface area contributed by atoms with Gasteiger partial charge < -0.3 is 0 Å². The first kappa shape index (κ1) is 9.65. The second kappa shape index (κ2) is 3.52. The zero-order valence-corrected chi connectivity index (χ0v) is 8.21. The molecule has 0 saturated carbocycles. The Bertz CT molecular complexity index is 312. The van der Waals surface area contributed by atoms with Crippen LogP contribution in [0.5, 0.6) is 0 Å². The fourth-order valence-corrected chi connectivity index (χ4v) is 1.85. The van der Waals surface area contributed by atoms with Gasteiger partial charge in [0.1, 0.15) is 5.56 Å². The van der Waals surface area contributed by atoms with E-state index in [1.807, 2.05) is 0 Å². The van der Waals surface area contributed by atoms with Gasteiger partial charge in [0.15, 0.2) is 0 Å². The molecule has 64 valence electrons. The highest BCUT2D eigenvalue weighted by molar-refractivity contribution is 6.42. The molecule has 0 unspecified atom stereocenters. The second-order valence-electron chi connectivity index (χ2n) is 2.20. The van der Waals surface area contributed by atoms with Crippen molar-refractivity contribution in [1.82, 2.24) is 0 Å². The van der Waals surface area contributed by atoms with Crippen molar-refractivity contribution in [2.75, 3.05) is 0 Å². The van der Waals surface area contributed by atoms with Gasteiger partial charge in [-0.05, 0) is 12.1 Å². The van der Waals surface area contributed by atoms with Crippen molar-refractivity contribution in [3.05, 3.63) is 32.8 Å². The smallest absolute Gasteiger partial charge is 0.273 e. The van der Waals surface area contributed by atoms with E-state index in [1.165, 1.54) is 12.1 Å². The van der Waals surface area contributed by atoms with Gasteiger partial charge in [0.05, 0.1) is 10.0 Å². The lowest BCUT2D eigenvalue weighted by Gasteiger charge is -2.01. The van der Waals surface area contributed by atoms with Crippen LogP contribution in [-0.4, -0.2) is 5.84 Å². The molecular weight excluding hydrogens is 218 g/mol. The Morgan fingerprint density at radius 3 is 1.92 bits per heavy atom. The van der Waals surface area contributed by atoms with Crippen molar-refractivity contribution in [2.45, 2.75) is 0 Å². The minimum atomic E-state index is 0.0849. The lowest BCUT2D eigenvalue weighted by atomic mass is 10.2. The van der Waals surface area contributed by atoms with Crippen molar-refractivity contribution in [3.63, 3.8) is 0 Å². The Labute approximate surface area is 84.7 Å². The predicted octanol–water partition coefficient (Wildman–Crippen LogP) is 1.11. The molecule has 0 heterocycles. The highest BCUT2D eigenvalue weighted by Crippen LogP contribution is 2.27. The molecule has 0 amide bonds. The summed E-state index contributed by atoms with van der Waals surface area (Å²) in [5.41, 5.74) is 5.78. The summed E-state index contributed by atoms with van der Waals surface area (Å²) in [5.74, 6) is 0.0849. The average molecular weight is 224 g/mol. The standard InChI is InChI=1S/C7H5Cl3N2/c8-3-1-4(9)6(7(11)12)5(10)2-3/h1-2H,(H3,11,12)/p+1. The van der Waals surface area contributed by atoms with E-state index in [9.17, 15) is 0 Å². The van der Waals surface area contributed by atoms with Gasteiger partial charge in [-0.3, -0.25) is 11.1 Å². The molecule has 12 heavy (non-hydrogen) atoms. The number of rotatable bonds is 1.